The van der Waals surface area contributed by atoms with Crippen molar-refractivity contribution in [1.82, 2.24) is 0 Å². The molecular formula is C34H64. The number of unbranched alkanes of at least 4 members (excludes halogenated alkanes) is 1. The third-order valence-electron chi connectivity index (χ3n) is 11.2. The van der Waals surface area contributed by atoms with Crippen LogP contribution in [0.5, 0.6) is 0 Å². The summed E-state index contributed by atoms with van der Waals surface area (Å²) in [7, 11) is 0. The molecule has 4 saturated carbocycles. The van der Waals surface area contributed by atoms with Gasteiger partial charge in [0.15, 0.2) is 0 Å². The van der Waals surface area contributed by atoms with E-state index >= 15 is 0 Å². The Bertz CT molecular complexity index is 535. The minimum atomic E-state index is 0.531. The van der Waals surface area contributed by atoms with Crippen LogP contribution < -0.4 is 0 Å². The predicted octanol–water partition coefficient (Wildman–Crippen LogP) is 11.5. The van der Waals surface area contributed by atoms with Crippen LogP contribution in [0.25, 0.3) is 0 Å². The van der Waals surface area contributed by atoms with E-state index in [0.717, 1.165) is 47.3 Å². The highest BCUT2D eigenvalue weighted by molar-refractivity contribution is 4.88. The SMILES string of the molecule is CC1CCCC(C2CCC(CCCCC3CCCC(C(C)(C)C)C3)C2C)C1.CC1CCCCC1. The largest absolute Gasteiger partial charge is 0.0625 e. The summed E-state index contributed by atoms with van der Waals surface area (Å²) in [5.74, 6) is 8.27. The van der Waals surface area contributed by atoms with Crippen molar-refractivity contribution in [3.63, 3.8) is 0 Å². The van der Waals surface area contributed by atoms with E-state index in [9.17, 15) is 0 Å². The Morgan fingerprint density at radius 3 is 1.91 bits per heavy atom. The Balaban J connectivity index is 0.000000396. The summed E-state index contributed by atoms with van der Waals surface area (Å²) in [6.45, 7) is 14.9. The molecule has 7 atom stereocenters. The lowest BCUT2D eigenvalue weighted by molar-refractivity contribution is 0.135. The summed E-state index contributed by atoms with van der Waals surface area (Å²) in [5, 5.41) is 0. The molecule has 4 rings (SSSR count). The average molecular weight is 473 g/mol. The second-order valence-electron chi connectivity index (χ2n) is 15.0. The van der Waals surface area contributed by atoms with Gasteiger partial charge in [0.2, 0.25) is 0 Å². The summed E-state index contributed by atoms with van der Waals surface area (Å²) in [6.07, 6.45) is 28.7. The van der Waals surface area contributed by atoms with Crippen LogP contribution in [0.2, 0.25) is 0 Å². The van der Waals surface area contributed by atoms with Gasteiger partial charge in [-0.1, -0.05) is 131 Å². The van der Waals surface area contributed by atoms with E-state index in [-0.39, 0.29) is 0 Å². The van der Waals surface area contributed by atoms with Gasteiger partial charge in [-0.05, 0) is 84.9 Å². The summed E-state index contributed by atoms with van der Waals surface area (Å²) >= 11 is 0. The zero-order valence-electron chi connectivity index (χ0n) is 24.6. The molecule has 0 aliphatic heterocycles. The number of rotatable bonds is 6. The first kappa shape index (κ1) is 28.6. The van der Waals surface area contributed by atoms with Crippen LogP contribution >= 0.6 is 0 Å². The molecule has 4 aliphatic rings. The molecule has 0 N–H and O–H groups in total. The Hall–Kier alpha value is 0. The molecule has 0 radical (unpaired) electrons. The van der Waals surface area contributed by atoms with Gasteiger partial charge in [-0.2, -0.15) is 0 Å². The maximum Gasteiger partial charge on any atom is -0.0354 e. The third kappa shape index (κ3) is 9.14. The highest BCUT2D eigenvalue weighted by atomic mass is 14.4. The Labute approximate surface area is 216 Å². The summed E-state index contributed by atoms with van der Waals surface area (Å²) in [4.78, 5) is 0. The van der Waals surface area contributed by atoms with Gasteiger partial charge in [-0.25, -0.2) is 0 Å². The van der Waals surface area contributed by atoms with Crippen molar-refractivity contribution in [2.24, 2.45) is 52.8 Å². The molecule has 0 spiro atoms. The van der Waals surface area contributed by atoms with Gasteiger partial charge in [-0.15, -0.1) is 0 Å². The molecule has 0 aromatic rings. The molecule has 0 aromatic carbocycles. The summed E-state index contributed by atoms with van der Waals surface area (Å²) in [5.41, 5.74) is 0.531. The van der Waals surface area contributed by atoms with Gasteiger partial charge >= 0.3 is 0 Å². The lowest BCUT2D eigenvalue weighted by Crippen LogP contribution is -2.27. The van der Waals surface area contributed by atoms with Crippen LogP contribution in [-0.2, 0) is 0 Å². The standard InChI is InChI=1S/C27H50.C7H14/c1-20-10-8-14-24(18-20)26-17-16-23(21(26)2)13-7-6-11-22-12-9-15-25(19-22)27(3,4)5;1-7-5-3-2-4-6-7/h20-26H,6-19H2,1-5H3;7H,2-6H2,1H3. The van der Waals surface area contributed by atoms with E-state index in [2.05, 4.69) is 41.5 Å². The van der Waals surface area contributed by atoms with Gasteiger partial charge in [-0.3, -0.25) is 0 Å². The van der Waals surface area contributed by atoms with Crippen LogP contribution in [0.1, 0.15) is 164 Å². The first-order chi connectivity index (χ1) is 16.2. The van der Waals surface area contributed by atoms with Gasteiger partial charge in [0.25, 0.3) is 0 Å². The fourth-order valence-electron chi connectivity index (χ4n) is 8.71. The molecule has 34 heavy (non-hydrogen) atoms. The first-order valence-electron chi connectivity index (χ1n) is 16.2. The minimum Gasteiger partial charge on any atom is -0.0625 e. The number of hydrogen-bond acceptors (Lipinski definition) is 0. The topological polar surface area (TPSA) is 0 Å². The van der Waals surface area contributed by atoms with E-state index in [1.165, 1.54) is 96.3 Å². The molecule has 0 amide bonds. The quantitative estimate of drug-likeness (QED) is 0.337. The van der Waals surface area contributed by atoms with E-state index in [1.807, 2.05) is 0 Å². The van der Waals surface area contributed by atoms with Crippen LogP contribution in [0.4, 0.5) is 0 Å². The Morgan fingerprint density at radius 1 is 0.588 bits per heavy atom. The van der Waals surface area contributed by atoms with Crippen molar-refractivity contribution < 1.29 is 0 Å². The third-order valence-corrected chi connectivity index (χ3v) is 11.2. The average Bonchev–Trinajstić information content (AvgIpc) is 3.17. The van der Waals surface area contributed by atoms with Crippen molar-refractivity contribution in [3.05, 3.63) is 0 Å². The second-order valence-corrected chi connectivity index (χ2v) is 15.0. The molecule has 0 nitrogen and oxygen atoms in total. The fourth-order valence-corrected chi connectivity index (χ4v) is 8.71. The zero-order chi connectivity index (χ0) is 24.6. The Kier molecular flexibility index (Phi) is 11.8. The molecular weight excluding hydrogens is 408 g/mol. The smallest absolute Gasteiger partial charge is 0.0354 e. The number of hydrogen-bond donors (Lipinski definition) is 0. The molecule has 4 fully saturated rings. The van der Waals surface area contributed by atoms with E-state index in [1.54, 1.807) is 25.7 Å². The molecule has 4 aliphatic carbocycles. The second kappa shape index (κ2) is 14.1. The van der Waals surface area contributed by atoms with Gasteiger partial charge in [0, 0.05) is 0 Å². The van der Waals surface area contributed by atoms with Crippen molar-refractivity contribution in [2.75, 3.05) is 0 Å². The fraction of sp³-hybridized carbons (Fsp3) is 1.00. The maximum absolute atomic E-state index is 2.62. The maximum atomic E-state index is 2.62. The van der Waals surface area contributed by atoms with E-state index in [4.69, 9.17) is 0 Å². The van der Waals surface area contributed by atoms with E-state index < -0.39 is 0 Å². The van der Waals surface area contributed by atoms with Crippen molar-refractivity contribution in [3.8, 4) is 0 Å². The highest BCUT2D eigenvalue weighted by Crippen LogP contribution is 2.48. The van der Waals surface area contributed by atoms with Crippen LogP contribution in [0.3, 0.4) is 0 Å². The van der Waals surface area contributed by atoms with Crippen LogP contribution in [-0.4, -0.2) is 0 Å². The van der Waals surface area contributed by atoms with E-state index in [0.29, 0.717) is 5.41 Å². The van der Waals surface area contributed by atoms with Gasteiger partial charge in [0.1, 0.15) is 0 Å². The highest BCUT2D eigenvalue weighted by Gasteiger charge is 2.38. The summed E-state index contributed by atoms with van der Waals surface area (Å²) in [6, 6.07) is 0. The van der Waals surface area contributed by atoms with Crippen molar-refractivity contribution in [2.45, 2.75) is 164 Å². The molecule has 0 saturated heterocycles. The monoisotopic (exact) mass is 473 g/mol. The zero-order valence-corrected chi connectivity index (χ0v) is 24.6. The minimum absolute atomic E-state index is 0.531. The van der Waals surface area contributed by atoms with Crippen molar-refractivity contribution >= 4 is 0 Å². The Morgan fingerprint density at radius 2 is 1.26 bits per heavy atom. The molecule has 200 valence electrons. The lowest BCUT2D eigenvalue weighted by atomic mass is 9.68. The van der Waals surface area contributed by atoms with Crippen LogP contribution in [0, 0.1) is 52.8 Å². The molecule has 0 heteroatoms. The molecule has 0 bridgehead atoms. The molecule has 0 heterocycles. The molecule has 7 unspecified atom stereocenters. The molecule has 0 aromatic heterocycles. The first-order valence-corrected chi connectivity index (χ1v) is 16.2. The van der Waals surface area contributed by atoms with Gasteiger partial charge in [0.05, 0.1) is 0 Å². The van der Waals surface area contributed by atoms with Crippen molar-refractivity contribution in [1.29, 1.82) is 0 Å². The predicted molar refractivity (Wildman–Crippen MR) is 152 cm³/mol. The lowest BCUT2D eigenvalue weighted by Gasteiger charge is -2.38. The summed E-state index contributed by atoms with van der Waals surface area (Å²) < 4.78 is 0. The van der Waals surface area contributed by atoms with Gasteiger partial charge < -0.3 is 0 Å². The van der Waals surface area contributed by atoms with Crippen LogP contribution in [0.15, 0.2) is 0 Å². The normalized spacial score (nSPS) is 37.8.